The Balaban J connectivity index is 1.71. The highest BCUT2D eigenvalue weighted by molar-refractivity contribution is 5.92. The summed E-state index contributed by atoms with van der Waals surface area (Å²) in [6.45, 7) is 0.138. The summed E-state index contributed by atoms with van der Waals surface area (Å²) in [5, 5.41) is 14.6. The van der Waals surface area contributed by atoms with Gasteiger partial charge in [-0.1, -0.05) is 6.07 Å². The first kappa shape index (κ1) is 15.4. The third-order valence-corrected chi connectivity index (χ3v) is 3.74. The minimum atomic E-state index is -0.739. The molecule has 1 aromatic rings. The Hall–Kier alpha value is -1.95. The van der Waals surface area contributed by atoms with Crippen LogP contribution >= 0.6 is 0 Å². The van der Waals surface area contributed by atoms with Gasteiger partial charge in [-0.05, 0) is 43.9 Å². The molecule has 0 aliphatic heterocycles. The lowest BCUT2D eigenvalue weighted by Gasteiger charge is -2.26. The summed E-state index contributed by atoms with van der Waals surface area (Å²) in [6, 6.07) is 5.90. The summed E-state index contributed by atoms with van der Waals surface area (Å²) in [7, 11) is 0. The van der Waals surface area contributed by atoms with Crippen molar-refractivity contribution >= 4 is 17.6 Å². The van der Waals surface area contributed by atoms with Crippen LogP contribution in [0.1, 0.15) is 25.7 Å². The van der Waals surface area contributed by atoms with Crippen LogP contribution in [-0.4, -0.2) is 29.6 Å². The fourth-order valence-corrected chi connectivity index (χ4v) is 2.55. The smallest absolute Gasteiger partial charge is 0.306 e. The van der Waals surface area contributed by atoms with Gasteiger partial charge in [0.05, 0.1) is 12.5 Å². The molecule has 0 saturated heterocycles. The van der Waals surface area contributed by atoms with Crippen molar-refractivity contribution in [1.29, 1.82) is 0 Å². The Morgan fingerprint density at radius 1 is 1.24 bits per heavy atom. The number of hydrogen-bond acceptors (Lipinski definition) is 3. The number of hydrogen-bond donors (Lipinski definition) is 3. The number of nitrogens with one attached hydrogen (secondary N) is 2. The molecule has 0 unspecified atom stereocenters. The molecule has 0 heterocycles. The molecule has 1 aromatic carbocycles. The van der Waals surface area contributed by atoms with Crippen molar-refractivity contribution in [2.24, 2.45) is 5.92 Å². The molecule has 114 valence electrons. The lowest BCUT2D eigenvalue weighted by molar-refractivity contribution is -0.143. The maximum Gasteiger partial charge on any atom is 0.306 e. The first-order valence-electron chi connectivity index (χ1n) is 7.06. The highest BCUT2D eigenvalue weighted by Gasteiger charge is 2.25. The molecule has 0 radical (unpaired) electrons. The molecule has 0 aromatic heterocycles. The highest BCUT2D eigenvalue weighted by Crippen LogP contribution is 2.24. The Morgan fingerprint density at radius 3 is 2.57 bits per heavy atom. The zero-order valence-corrected chi connectivity index (χ0v) is 11.6. The van der Waals surface area contributed by atoms with E-state index < -0.39 is 11.8 Å². The van der Waals surface area contributed by atoms with E-state index in [1.54, 1.807) is 6.07 Å². The van der Waals surface area contributed by atoms with Crippen LogP contribution < -0.4 is 10.6 Å². The van der Waals surface area contributed by atoms with Gasteiger partial charge in [-0.15, -0.1) is 0 Å². The van der Waals surface area contributed by atoms with E-state index in [1.165, 1.54) is 18.2 Å². The van der Waals surface area contributed by atoms with Gasteiger partial charge in [0.25, 0.3) is 0 Å². The van der Waals surface area contributed by atoms with Crippen molar-refractivity contribution in [2.45, 2.75) is 31.7 Å². The first-order valence-corrected chi connectivity index (χ1v) is 7.06. The van der Waals surface area contributed by atoms with Crippen LogP contribution in [-0.2, 0) is 9.59 Å². The van der Waals surface area contributed by atoms with Crippen molar-refractivity contribution in [3.05, 3.63) is 30.1 Å². The quantitative estimate of drug-likeness (QED) is 0.776. The maximum absolute atomic E-state index is 13.0. The summed E-state index contributed by atoms with van der Waals surface area (Å²) in [5.74, 6) is -1.63. The Kier molecular flexibility index (Phi) is 5.27. The standard InChI is InChI=1S/C15H19FN2O3/c16-11-2-1-3-13(8-11)18-14(19)9-17-12-6-4-10(5-7-12)15(20)21/h1-3,8,10,12,17H,4-7,9H2,(H,18,19)(H,20,21). The lowest BCUT2D eigenvalue weighted by atomic mass is 9.86. The number of aliphatic carboxylic acids is 1. The topological polar surface area (TPSA) is 78.4 Å². The van der Waals surface area contributed by atoms with E-state index in [0.717, 1.165) is 12.8 Å². The molecule has 1 amide bonds. The molecule has 5 nitrogen and oxygen atoms in total. The van der Waals surface area contributed by atoms with Crippen LogP contribution in [0.3, 0.4) is 0 Å². The molecule has 0 bridgehead atoms. The van der Waals surface area contributed by atoms with Crippen molar-refractivity contribution in [3.63, 3.8) is 0 Å². The molecule has 1 aliphatic rings. The van der Waals surface area contributed by atoms with Gasteiger partial charge in [-0.3, -0.25) is 9.59 Å². The van der Waals surface area contributed by atoms with Crippen molar-refractivity contribution in [1.82, 2.24) is 5.32 Å². The van der Waals surface area contributed by atoms with Crippen molar-refractivity contribution in [3.8, 4) is 0 Å². The zero-order chi connectivity index (χ0) is 15.2. The third kappa shape index (κ3) is 4.82. The van der Waals surface area contributed by atoms with Crippen LogP contribution in [0, 0.1) is 11.7 Å². The second kappa shape index (κ2) is 7.17. The number of anilines is 1. The second-order valence-electron chi connectivity index (χ2n) is 5.33. The maximum atomic E-state index is 13.0. The fraction of sp³-hybridized carbons (Fsp3) is 0.467. The Morgan fingerprint density at radius 2 is 1.95 bits per heavy atom. The summed E-state index contributed by atoms with van der Waals surface area (Å²) in [6.07, 6.45) is 2.78. The molecule has 0 atom stereocenters. The Labute approximate surface area is 122 Å². The molecule has 3 N–H and O–H groups in total. The molecule has 0 spiro atoms. The predicted octanol–water partition coefficient (Wildman–Crippen LogP) is 2.00. The second-order valence-corrected chi connectivity index (χ2v) is 5.33. The molecule has 6 heteroatoms. The van der Waals surface area contributed by atoms with Gasteiger partial charge in [0.15, 0.2) is 0 Å². The van der Waals surface area contributed by atoms with Gasteiger partial charge in [0.2, 0.25) is 5.91 Å². The highest BCUT2D eigenvalue weighted by atomic mass is 19.1. The molecule has 2 rings (SSSR count). The number of carbonyl (C=O) groups excluding carboxylic acids is 1. The van der Waals surface area contributed by atoms with Crippen LogP contribution in [0.4, 0.5) is 10.1 Å². The van der Waals surface area contributed by atoms with Crippen LogP contribution in [0.25, 0.3) is 0 Å². The average Bonchev–Trinajstić information content (AvgIpc) is 2.45. The molecule has 1 fully saturated rings. The lowest BCUT2D eigenvalue weighted by Crippen LogP contribution is -2.39. The monoisotopic (exact) mass is 294 g/mol. The van der Waals surface area contributed by atoms with Gasteiger partial charge in [-0.25, -0.2) is 4.39 Å². The van der Waals surface area contributed by atoms with E-state index in [-0.39, 0.29) is 24.4 Å². The minimum absolute atomic E-state index is 0.138. The number of halogens is 1. The molecular weight excluding hydrogens is 275 g/mol. The summed E-state index contributed by atoms with van der Waals surface area (Å²) in [4.78, 5) is 22.6. The number of rotatable bonds is 5. The van der Waals surface area contributed by atoms with Crippen LogP contribution in [0.15, 0.2) is 24.3 Å². The van der Waals surface area contributed by atoms with E-state index in [9.17, 15) is 14.0 Å². The Bertz CT molecular complexity index is 513. The summed E-state index contributed by atoms with van der Waals surface area (Å²) < 4.78 is 13.0. The normalized spacial score (nSPS) is 21.8. The number of benzene rings is 1. The largest absolute Gasteiger partial charge is 0.481 e. The number of amides is 1. The molecular formula is C15H19FN2O3. The van der Waals surface area contributed by atoms with Gasteiger partial charge >= 0.3 is 5.97 Å². The van der Waals surface area contributed by atoms with Gasteiger partial charge in [-0.2, -0.15) is 0 Å². The number of carbonyl (C=O) groups is 2. The minimum Gasteiger partial charge on any atom is -0.481 e. The summed E-state index contributed by atoms with van der Waals surface area (Å²) in [5.41, 5.74) is 0.427. The van der Waals surface area contributed by atoms with Gasteiger partial charge in [0, 0.05) is 11.7 Å². The van der Waals surface area contributed by atoms with Gasteiger partial charge < -0.3 is 15.7 Å². The van der Waals surface area contributed by atoms with Crippen molar-refractivity contribution < 1.29 is 19.1 Å². The first-order chi connectivity index (χ1) is 10.0. The third-order valence-electron chi connectivity index (χ3n) is 3.74. The number of carboxylic acids is 1. The van der Waals surface area contributed by atoms with Crippen LogP contribution in [0.2, 0.25) is 0 Å². The number of carboxylic acid groups (broad SMARTS) is 1. The molecule has 1 aliphatic carbocycles. The summed E-state index contributed by atoms with van der Waals surface area (Å²) >= 11 is 0. The zero-order valence-electron chi connectivity index (χ0n) is 11.6. The van der Waals surface area contributed by atoms with E-state index in [0.29, 0.717) is 18.5 Å². The fourth-order valence-electron chi connectivity index (χ4n) is 2.55. The SMILES string of the molecule is O=C(CNC1CCC(C(=O)O)CC1)Nc1cccc(F)c1. The van der Waals surface area contributed by atoms with Crippen LogP contribution in [0.5, 0.6) is 0 Å². The van der Waals surface area contributed by atoms with E-state index in [1.807, 2.05) is 0 Å². The van der Waals surface area contributed by atoms with E-state index in [4.69, 9.17) is 5.11 Å². The molecule has 21 heavy (non-hydrogen) atoms. The van der Waals surface area contributed by atoms with E-state index in [2.05, 4.69) is 10.6 Å². The van der Waals surface area contributed by atoms with Gasteiger partial charge in [0.1, 0.15) is 5.82 Å². The predicted molar refractivity (Wildman–Crippen MR) is 76.4 cm³/mol. The molecule has 1 saturated carbocycles. The van der Waals surface area contributed by atoms with Crippen molar-refractivity contribution in [2.75, 3.05) is 11.9 Å². The van der Waals surface area contributed by atoms with E-state index >= 15 is 0 Å². The average molecular weight is 294 g/mol.